The predicted octanol–water partition coefficient (Wildman–Crippen LogP) is 3.52. The summed E-state index contributed by atoms with van der Waals surface area (Å²) in [6.07, 6.45) is 2.21. The normalized spacial score (nSPS) is 12.1. The molecule has 4 rings (SSSR count). The number of ether oxygens (including phenoxy) is 1. The fourth-order valence-corrected chi connectivity index (χ4v) is 4.27. The summed E-state index contributed by atoms with van der Waals surface area (Å²) in [4.78, 5) is 60.4. The van der Waals surface area contributed by atoms with E-state index in [4.69, 9.17) is 4.42 Å². The first-order valence-electron chi connectivity index (χ1n) is 13.5. The Hall–Kier alpha value is -5.20. The predicted molar refractivity (Wildman–Crippen MR) is 156 cm³/mol. The molecule has 13 heteroatoms. The van der Waals surface area contributed by atoms with Gasteiger partial charge in [0.1, 0.15) is 6.54 Å². The van der Waals surface area contributed by atoms with Crippen LogP contribution >= 0.6 is 0 Å². The van der Waals surface area contributed by atoms with Crippen LogP contribution in [0, 0.1) is 12.8 Å². The molecule has 0 radical (unpaired) electrons. The summed E-state index contributed by atoms with van der Waals surface area (Å²) in [7, 11) is 1.15. The van der Waals surface area contributed by atoms with Crippen LogP contribution < -0.4 is 16.2 Å². The van der Waals surface area contributed by atoms with Crippen LogP contribution in [0.4, 0.5) is 10.6 Å². The maximum atomic E-state index is 13.5. The lowest BCUT2D eigenvalue weighted by Crippen LogP contribution is -2.46. The van der Waals surface area contributed by atoms with Crippen LogP contribution in [-0.4, -0.2) is 55.7 Å². The first-order valence-corrected chi connectivity index (χ1v) is 13.5. The van der Waals surface area contributed by atoms with Crippen LogP contribution in [-0.2, 0) is 21.5 Å². The van der Waals surface area contributed by atoms with Gasteiger partial charge in [-0.2, -0.15) is 0 Å². The minimum absolute atomic E-state index is 0.197. The maximum Gasteiger partial charge on any atom is 0.412 e. The molecule has 0 saturated carbocycles. The Kier molecular flexibility index (Phi) is 9.12. The Balaban J connectivity index is 1.59. The summed E-state index contributed by atoms with van der Waals surface area (Å²) in [6, 6.07) is 11.6. The zero-order chi connectivity index (χ0) is 31.3. The largest absolute Gasteiger partial charge is 0.453 e. The molecular weight excluding hydrogens is 554 g/mol. The lowest BCUT2D eigenvalue weighted by atomic mass is 9.88. The van der Waals surface area contributed by atoms with Gasteiger partial charge in [-0.15, -0.1) is 10.2 Å². The van der Waals surface area contributed by atoms with E-state index in [0.717, 1.165) is 17.2 Å². The highest BCUT2D eigenvalue weighted by atomic mass is 16.5. The summed E-state index contributed by atoms with van der Waals surface area (Å²) in [6.45, 7) is 8.68. The minimum Gasteiger partial charge on any atom is -0.453 e. The molecule has 0 saturated heterocycles. The zero-order valence-electron chi connectivity index (χ0n) is 24.7. The highest BCUT2D eigenvalue weighted by Gasteiger charge is 2.35. The second-order valence-corrected chi connectivity index (χ2v) is 10.8. The average molecular weight is 588 g/mol. The van der Waals surface area contributed by atoms with Gasteiger partial charge in [0, 0.05) is 6.20 Å². The van der Waals surface area contributed by atoms with Gasteiger partial charge in [-0.05, 0) is 43.9 Å². The average Bonchev–Trinajstić information content (AvgIpc) is 3.50. The molecule has 1 aromatic carbocycles. The van der Waals surface area contributed by atoms with Gasteiger partial charge in [-0.25, -0.2) is 9.78 Å². The van der Waals surface area contributed by atoms with Gasteiger partial charge < -0.3 is 14.5 Å². The third-order valence-corrected chi connectivity index (χ3v) is 6.82. The molecule has 3 heterocycles. The number of amides is 2. The van der Waals surface area contributed by atoms with E-state index in [9.17, 15) is 19.2 Å². The van der Waals surface area contributed by atoms with Gasteiger partial charge in [0.25, 0.3) is 11.4 Å². The molecule has 224 valence electrons. The molecule has 13 nitrogen and oxygen atoms in total. The fraction of sp³-hybridized carbons (Fsp3) is 0.333. The Bertz CT molecular complexity index is 1680. The summed E-state index contributed by atoms with van der Waals surface area (Å²) in [5, 5.41) is 13.0. The van der Waals surface area contributed by atoms with Crippen molar-refractivity contribution in [2.24, 2.45) is 5.92 Å². The highest BCUT2D eigenvalue weighted by molar-refractivity contribution is 5.98. The molecule has 0 spiro atoms. The van der Waals surface area contributed by atoms with E-state index >= 15 is 0 Å². The number of nitrogens with zero attached hydrogens (tertiary/aromatic N) is 5. The summed E-state index contributed by atoms with van der Waals surface area (Å²) in [5.74, 6) is -1.95. The van der Waals surface area contributed by atoms with Crippen molar-refractivity contribution in [2.75, 3.05) is 12.4 Å². The molecule has 43 heavy (non-hydrogen) atoms. The SMILES string of the molecule is COC(=O)Nc1ncc(-c2ccccc2)n(CC(=O)N[C@H](C(=O)c2nnc(C(C)(C)c3ccc(C)cn3)o2)C(C)C)c1=O. The van der Waals surface area contributed by atoms with Gasteiger partial charge in [0.15, 0.2) is 0 Å². The molecule has 0 unspecified atom stereocenters. The van der Waals surface area contributed by atoms with E-state index in [2.05, 4.69) is 35.5 Å². The van der Waals surface area contributed by atoms with E-state index in [1.54, 1.807) is 50.4 Å². The van der Waals surface area contributed by atoms with Crippen LogP contribution in [0.1, 0.15) is 55.5 Å². The van der Waals surface area contributed by atoms with Gasteiger partial charge in [0.2, 0.25) is 23.4 Å². The van der Waals surface area contributed by atoms with E-state index in [1.807, 2.05) is 32.9 Å². The number of hydrogen-bond donors (Lipinski definition) is 2. The van der Waals surface area contributed by atoms with Crippen LogP contribution in [0.2, 0.25) is 0 Å². The second kappa shape index (κ2) is 12.8. The number of Topliss-reactive ketones (excluding diaryl/α,β-unsaturated/α-hetero) is 1. The molecule has 0 aliphatic carbocycles. The number of aromatic nitrogens is 5. The van der Waals surface area contributed by atoms with Crippen LogP contribution in [0.3, 0.4) is 0 Å². The first-order chi connectivity index (χ1) is 20.4. The Morgan fingerprint density at radius 3 is 2.37 bits per heavy atom. The topological polar surface area (TPSA) is 171 Å². The molecule has 4 aromatic rings. The number of nitrogens with one attached hydrogen (secondary N) is 2. The maximum absolute atomic E-state index is 13.5. The molecule has 2 amide bonds. The van der Waals surface area contributed by atoms with Crippen LogP contribution in [0.25, 0.3) is 11.3 Å². The molecule has 0 aliphatic heterocycles. The summed E-state index contributed by atoms with van der Waals surface area (Å²) >= 11 is 0. The number of pyridine rings is 1. The number of benzene rings is 1. The third kappa shape index (κ3) is 6.83. The quantitative estimate of drug-likeness (QED) is 0.262. The van der Waals surface area contributed by atoms with E-state index in [-0.39, 0.29) is 23.5 Å². The summed E-state index contributed by atoms with van der Waals surface area (Å²) in [5.41, 5.74) is 1.12. The lowest BCUT2D eigenvalue weighted by molar-refractivity contribution is -0.122. The summed E-state index contributed by atoms with van der Waals surface area (Å²) < 4.78 is 11.5. The molecule has 2 N–H and O–H groups in total. The van der Waals surface area contributed by atoms with E-state index in [0.29, 0.717) is 17.0 Å². The Labute approximate surface area is 247 Å². The van der Waals surface area contributed by atoms with Crippen molar-refractivity contribution in [3.05, 3.63) is 88.3 Å². The van der Waals surface area contributed by atoms with Crippen molar-refractivity contribution >= 4 is 23.6 Å². The second-order valence-electron chi connectivity index (χ2n) is 10.8. The number of aryl methyl sites for hydroxylation is 1. The molecule has 1 atom stereocenters. The number of methoxy groups -OCH3 is 1. The van der Waals surface area contributed by atoms with Crippen LogP contribution in [0.15, 0.2) is 64.1 Å². The van der Waals surface area contributed by atoms with Crippen molar-refractivity contribution < 1.29 is 23.5 Å². The smallest absolute Gasteiger partial charge is 0.412 e. The van der Waals surface area contributed by atoms with E-state index in [1.165, 1.54) is 6.20 Å². The Morgan fingerprint density at radius 2 is 1.74 bits per heavy atom. The van der Waals surface area contributed by atoms with Crippen molar-refractivity contribution in [2.45, 2.75) is 52.6 Å². The molecule has 0 fully saturated rings. The minimum atomic E-state index is -1.04. The van der Waals surface area contributed by atoms with Gasteiger partial charge in [-0.1, -0.05) is 50.2 Å². The number of hydrogen-bond acceptors (Lipinski definition) is 10. The molecule has 0 aliphatic rings. The third-order valence-electron chi connectivity index (χ3n) is 6.82. The molecular formula is C30H33N7O6. The number of rotatable bonds is 10. The standard InChI is InChI=1S/C30H33N7O6/c1-17(2)23(24(39)26-35-36-28(43-26)30(4,5)21-13-12-18(3)14-31-21)33-22(38)16-37-20(19-10-8-7-9-11-19)15-32-25(27(37)40)34-29(41)42-6/h7-15,17,23H,16H2,1-6H3,(H,33,38)(H,32,34,41)/t23-/m0/s1. The molecule has 3 aromatic heterocycles. The van der Waals surface area contributed by atoms with Crippen LogP contribution in [0.5, 0.6) is 0 Å². The number of carbonyl (C=O) groups is 3. The number of anilines is 1. The molecule has 0 bridgehead atoms. The van der Waals surface area contributed by atoms with Gasteiger partial charge >= 0.3 is 6.09 Å². The number of carbonyl (C=O) groups excluding carboxylic acids is 3. The first kappa shape index (κ1) is 30.8. The van der Waals surface area contributed by atoms with Gasteiger partial charge in [0.05, 0.1) is 36.2 Å². The number of ketones is 1. The lowest BCUT2D eigenvalue weighted by Gasteiger charge is -2.21. The monoisotopic (exact) mass is 587 g/mol. The zero-order valence-corrected chi connectivity index (χ0v) is 24.7. The van der Waals surface area contributed by atoms with Crippen molar-refractivity contribution in [3.63, 3.8) is 0 Å². The van der Waals surface area contributed by atoms with E-state index < -0.39 is 41.3 Å². The Morgan fingerprint density at radius 1 is 1.02 bits per heavy atom. The van der Waals surface area contributed by atoms with Crippen molar-refractivity contribution in [1.82, 2.24) is 30.0 Å². The van der Waals surface area contributed by atoms with Gasteiger partial charge in [-0.3, -0.25) is 29.3 Å². The van der Waals surface area contributed by atoms with Crippen molar-refractivity contribution in [1.29, 1.82) is 0 Å². The highest BCUT2D eigenvalue weighted by Crippen LogP contribution is 2.29. The fourth-order valence-electron chi connectivity index (χ4n) is 4.27. The van der Waals surface area contributed by atoms with Crippen molar-refractivity contribution in [3.8, 4) is 11.3 Å².